The molecule has 0 saturated carbocycles. The van der Waals surface area contributed by atoms with E-state index in [0.29, 0.717) is 13.2 Å². The zero-order valence-electron chi connectivity index (χ0n) is 8.93. The van der Waals surface area contributed by atoms with Crippen LogP contribution >= 0.6 is 0 Å². The van der Waals surface area contributed by atoms with Crippen LogP contribution < -0.4 is 11.3 Å². The largest absolute Gasteiger partial charge is 0.411 e. The molecule has 0 amide bonds. The molecule has 4 nitrogen and oxygen atoms in total. The molecule has 1 atom stereocenters. The molecule has 0 spiro atoms. The predicted octanol–water partition coefficient (Wildman–Crippen LogP) is 0.824. The van der Waals surface area contributed by atoms with Gasteiger partial charge in [-0.2, -0.15) is 13.2 Å². The molecule has 0 aliphatic carbocycles. The Morgan fingerprint density at radius 2 is 2.00 bits per heavy atom. The molecule has 96 valence electrons. The van der Waals surface area contributed by atoms with Gasteiger partial charge in [0.05, 0.1) is 6.61 Å². The van der Waals surface area contributed by atoms with Crippen LogP contribution in [0.15, 0.2) is 0 Å². The average Bonchev–Trinajstić information content (AvgIpc) is 2.24. The van der Waals surface area contributed by atoms with E-state index in [4.69, 9.17) is 10.6 Å². The molecule has 0 aromatic rings. The van der Waals surface area contributed by atoms with Gasteiger partial charge in [-0.1, -0.05) is 0 Å². The highest BCUT2D eigenvalue weighted by Gasteiger charge is 2.29. The molecule has 1 fully saturated rings. The second kappa shape index (κ2) is 6.39. The Labute approximate surface area is 92.2 Å². The first-order valence-electron chi connectivity index (χ1n) is 5.21. The Hall–Kier alpha value is -0.370. The first kappa shape index (κ1) is 13.7. The molecule has 1 unspecified atom stereocenters. The maximum atomic E-state index is 11.9. The molecule has 1 saturated heterocycles. The van der Waals surface area contributed by atoms with Crippen molar-refractivity contribution in [1.82, 2.24) is 5.43 Å². The highest BCUT2D eigenvalue weighted by molar-refractivity contribution is 4.76. The minimum atomic E-state index is -4.28. The second-order valence-corrected chi connectivity index (χ2v) is 3.85. The van der Waals surface area contributed by atoms with Crippen molar-refractivity contribution >= 4 is 0 Å². The first-order valence-corrected chi connectivity index (χ1v) is 5.21. The molecule has 7 heteroatoms. The normalized spacial score (nSPS) is 21.0. The lowest BCUT2D eigenvalue weighted by Crippen LogP contribution is -2.46. The summed E-state index contributed by atoms with van der Waals surface area (Å²) in [5, 5.41) is 0. The fourth-order valence-corrected chi connectivity index (χ4v) is 1.74. The van der Waals surface area contributed by atoms with Crippen LogP contribution in [0.4, 0.5) is 13.2 Å². The SMILES string of the molecule is NNC(COCC(F)(F)F)C1CCOCC1. The van der Waals surface area contributed by atoms with Crippen molar-refractivity contribution in [2.24, 2.45) is 11.8 Å². The number of hydrogen-bond donors (Lipinski definition) is 2. The van der Waals surface area contributed by atoms with Crippen LogP contribution in [0.25, 0.3) is 0 Å². The molecular weight excluding hydrogens is 225 g/mol. The zero-order valence-corrected chi connectivity index (χ0v) is 8.93. The van der Waals surface area contributed by atoms with Gasteiger partial charge >= 0.3 is 6.18 Å². The van der Waals surface area contributed by atoms with Crippen LogP contribution in [0.2, 0.25) is 0 Å². The third-order valence-corrected chi connectivity index (χ3v) is 2.61. The van der Waals surface area contributed by atoms with Crippen molar-refractivity contribution in [3.8, 4) is 0 Å². The van der Waals surface area contributed by atoms with Crippen molar-refractivity contribution in [3.63, 3.8) is 0 Å². The summed E-state index contributed by atoms with van der Waals surface area (Å²) >= 11 is 0. The summed E-state index contributed by atoms with van der Waals surface area (Å²) in [6.07, 6.45) is -2.69. The summed E-state index contributed by atoms with van der Waals surface area (Å²) in [5.41, 5.74) is 2.51. The van der Waals surface area contributed by atoms with E-state index in [-0.39, 0.29) is 18.6 Å². The molecule has 1 rings (SSSR count). The van der Waals surface area contributed by atoms with Crippen LogP contribution in [-0.2, 0) is 9.47 Å². The van der Waals surface area contributed by atoms with E-state index >= 15 is 0 Å². The quantitative estimate of drug-likeness (QED) is 0.553. The van der Waals surface area contributed by atoms with Gasteiger partial charge in [-0.3, -0.25) is 11.3 Å². The first-order chi connectivity index (χ1) is 7.53. The second-order valence-electron chi connectivity index (χ2n) is 3.85. The Bertz CT molecular complexity index is 196. The monoisotopic (exact) mass is 242 g/mol. The van der Waals surface area contributed by atoms with Crippen molar-refractivity contribution in [2.45, 2.75) is 25.1 Å². The summed E-state index contributed by atoms with van der Waals surface area (Å²) in [7, 11) is 0. The maximum Gasteiger partial charge on any atom is 0.411 e. The Morgan fingerprint density at radius 1 is 1.38 bits per heavy atom. The van der Waals surface area contributed by atoms with E-state index in [1.54, 1.807) is 0 Å². The van der Waals surface area contributed by atoms with Crippen LogP contribution in [0.1, 0.15) is 12.8 Å². The topological polar surface area (TPSA) is 56.5 Å². The van der Waals surface area contributed by atoms with Crippen LogP contribution in [0, 0.1) is 5.92 Å². The van der Waals surface area contributed by atoms with Gasteiger partial charge in [0.2, 0.25) is 0 Å². The number of halogens is 3. The van der Waals surface area contributed by atoms with Gasteiger partial charge in [0.25, 0.3) is 0 Å². The zero-order chi connectivity index (χ0) is 12.0. The standard InChI is InChI=1S/C9H17F3N2O2/c10-9(11,12)6-16-5-8(14-13)7-1-3-15-4-2-7/h7-8,14H,1-6,13H2. The fourth-order valence-electron chi connectivity index (χ4n) is 1.74. The van der Waals surface area contributed by atoms with Crippen LogP contribution in [0.5, 0.6) is 0 Å². The number of ether oxygens (including phenoxy) is 2. The summed E-state index contributed by atoms with van der Waals surface area (Å²) in [4.78, 5) is 0. The lowest BCUT2D eigenvalue weighted by Gasteiger charge is -2.29. The summed E-state index contributed by atoms with van der Waals surface area (Å²) < 4.78 is 45.3. The molecule has 0 radical (unpaired) electrons. The minimum Gasteiger partial charge on any atom is -0.381 e. The van der Waals surface area contributed by atoms with Gasteiger partial charge < -0.3 is 9.47 Å². The molecule has 0 aromatic carbocycles. The van der Waals surface area contributed by atoms with Crippen molar-refractivity contribution < 1.29 is 22.6 Å². The molecule has 3 N–H and O–H groups in total. The Kier molecular flexibility index (Phi) is 5.47. The molecule has 1 aliphatic heterocycles. The van der Waals surface area contributed by atoms with E-state index < -0.39 is 12.8 Å². The molecule has 1 heterocycles. The van der Waals surface area contributed by atoms with Gasteiger partial charge in [0.15, 0.2) is 0 Å². The Balaban J connectivity index is 2.25. The van der Waals surface area contributed by atoms with Crippen molar-refractivity contribution in [3.05, 3.63) is 0 Å². The van der Waals surface area contributed by atoms with Crippen molar-refractivity contribution in [2.75, 3.05) is 26.4 Å². The number of nitrogens with one attached hydrogen (secondary N) is 1. The van der Waals surface area contributed by atoms with Crippen LogP contribution in [0.3, 0.4) is 0 Å². The van der Waals surface area contributed by atoms with E-state index in [2.05, 4.69) is 10.2 Å². The summed E-state index contributed by atoms with van der Waals surface area (Å²) in [6, 6.07) is -0.244. The average molecular weight is 242 g/mol. The molecule has 16 heavy (non-hydrogen) atoms. The lowest BCUT2D eigenvalue weighted by atomic mass is 9.93. The Morgan fingerprint density at radius 3 is 2.50 bits per heavy atom. The summed E-state index contributed by atoms with van der Waals surface area (Å²) in [5.74, 6) is 5.52. The smallest absolute Gasteiger partial charge is 0.381 e. The third kappa shape index (κ3) is 5.11. The summed E-state index contributed by atoms with van der Waals surface area (Å²) in [6.45, 7) is -0.000683. The molecule has 0 aromatic heterocycles. The van der Waals surface area contributed by atoms with Gasteiger partial charge in [-0.15, -0.1) is 0 Å². The van der Waals surface area contributed by atoms with E-state index in [9.17, 15) is 13.2 Å². The predicted molar refractivity (Wildman–Crippen MR) is 51.5 cm³/mol. The molecule has 1 aliphatic rings. The van der Waals surface area contributed by atoms with Crippen molar-refractivity contribution in [1.29, 1.82) is 0 Å². The fraction of sp³-hybridized carbons (Fsp3) is 1.00. The highest BCUT2D eigenvalue weighted by Crippen LogP contribution is 2.20. The van der Waals surface area contributed by atoms with Crippen LogP contribution in [-0.4, -0.2) is 38.6 Å². The lowest BCUT2D eigenvalue weighted by molar-refractivity contribution is -0.176. The number of hydrogen-bond acceptors (Lipinski definition) is 4. The maximum absolute atomic E-state index is 11.9. The number of hydrazine groups is 1. The highest BCUT2D eigenvalue weighted by atomic mass is 19.4. The number of nitrogens with two attached hydrogens (primary N) is 1. The number of alkyl halides is 3. The third-order valence-electron chi connectivity index (χ3n) is 2.61. The molecular formula is C9H17F3N2O2. The number of rotatable bonds is 5. The minimum absolute atomic E-state index is 0.0271. The van der Waals surface area contributed by atoms with Gasteiger partial charge in [0, 0.05) is 19.3 Å². The van der Waals surface area contributed by atoms with Gasteiger partial charge in [-0.05, 0) is 18.8 Å². The van der Waals surface area contributed by atoms with E-state index in [1.165, 1.54) is 0 Å². The van der Waals surface area contributed by atoms with Gasteiger partial charge in [-0.25, -0.2) is 0 Å². The van der Waals surface area contributed by atoms with Gasteiger partial charge in [0.1, 0.15) is 6.61 Å². The van der Waals surface area contributed by atoms with E-state index in [1.807, 2.05) is 0 Å². The van der Waals surface area contributed by atoms with E-state index in [0.717, 1.165) is 12.8 Å². The molecule has 0 bridgehead atoms.